The maximum absolute atomic E-state index is 6.54. The molecule has 0 atom stereocenters. The lowest BCUT2D eigenvalue weighted by Crippen LogP contribution is -2.12. The molecule has 0 spiro atoms. The standard InChI is InChI=1S/C39H30N2O/c1-39(2,3)27-21-23-33(32(24-27)25-12-5-4-6-13-25)41-34-22-20-26-14-7-8-15-28(26)36(34)40-38(41)31-18-11-17-30-29-16-9-10-19-35(29)42-37(30)31/h4-24H,1-3H3. The number of furan rings is 1. The third-order valence-electron chi connectivity index (χ3n) is 8.38. The molecule has 0 saturated heterocycles. The Morgan fingerprint density at radius 3 is 2.19 bits per heavy atom. The van der Waals surface area contributed by atoms with Gasteiger partial charge in [0.2, 0.25) is 0 Å². The van der Waals surface area contributed by atoms with Gasteiger partial charge < -0.3 is 4.42 Å². The van der Waals surface area contributed by atoms with Crippen LogP contribution in [-0.2, 0) is 5.41 Å². The number of aromatic nitrogens is 2. The molecule has 202 valence electrons. The first-order valence-corrected chi connectivity index (χ1v) is 14.5. The molecular weight excluding hydrogens is 512 g/mol. The minimum absolute atomic E-state index is 0.0119. The molecule has 0 N–H and O–H groups in total. The number of benzene rings is 6. The highest BCUT2D eigenvalue weighted by Crippen LogP contribution is 2.41. The van der Waals surface area contributed by atoms with Gasteiger partial charge in [0.1, 0.15) is 17.0 Å². The molecule has 8 rings (SSSR count). The molecule has 3 nitrogen and oxygen atoms in total. The molecule has 3 heteroatoms. The van der Waals surface area contributed by atoms with Crippen molar-refractivity contribution in [1.82, 2.24) is 9.55 Å². The van der Waals surface area contributed by atoms with E-state index in [9.17, 15) is 0 Å². The normalized spacial score (nSPS) is 12.2. The number of para-hydroxylation sites is 2. The van der Waals surface area contributed by atoms with Crippen molar-refractivity contribution in [1.29, 1.82) is 0 Å². The lowest BCUT2D eigenvalue weighted by atomic mass is 9.85. The zero-order valence-electron chi connectivity index (χ0n) is 23.9. The van der Waals surface area contributed by atoms with Crippen LogP contribution in [0.5, 0.6) is 0 Å². The molecule has 6 aromatic carbocycles. The van der Waals surface area contributed by atoms with Crippen molar-refractivity contribution in [2.24, 2.45) is 0 Å². The average molecular weight is 543 g/mol. The van der Waals surface area contributed by atoms with E-state index in [1.165, 1.54) is 22.1 Å². The van der Waals surface area contributed by atoms with E-state index in [0.29, 0.717) is 0 Å². The van der Waals surface area contributed by atoms with E-state index < -0.39 is 0 Å². The molecule has 2 aromatic heterocycles. The summed E-state index contributed by atoms with van der Waals surface area (Å²) in [6, 6.07) is 45.1. The molecule has 8 aromatic rings. The summed E-state index contributed by atoms with van der Waals surface area (Å²) in [5.74, 6) is 0.867. The van der Waals surface area contributed by atoms with Crippen molar-refractivity contribution in [3.8, 4) is 28.2 Å². The Hall–Kier alpha value is -5.15. The highest BCUT2D eigenvalue weighted by Gasteiger charge is 2.24. The van der Waals surface area contributed by atoms with Gasteiger partial charge in [-0.05, 0) is 52.3 Å². The number of fused-ring (bicyclic) bond motifs is 6. The van der Waals surface area contributed by atoms with Gasteiger partial charge in [-0.1, -0.05) is 118 Å². The highest BCUT2D eigenvalue weighted by molar-refractivity contribution is 6.11. The van der Waals surface area contributed by atoms with Crippen LogP contribution in [0, 0.1) is 0 Å². The summed E-state index contributed by atoms with van der Waals surface area (Å²) in [4.78, 5) is 5.42. The quantitative estimate of drug-likeness (QED) is 0.222. The largest absolute Gasteiger partial charge is 0.455 e. The third-order valence-corrected chi connectivity index (χ3v) is 8.38. The van der Waals surface area contributed by atoms with Gasteiger partial charge in [0.05, 0.1) is 22.3 Å². The minimum Gasteiger partial charge on any atom is -0.455 e. The van der Waals surface area contributed by atoms with E-state index in [-0.39, 0.29) is 5.41 Å². The van der Waals surface area contributed by atoms with Crippen LogP contribution in [0.1, 0.15) is 26.3 Å². The van der Waals surface area contributed by atoms with E-state index in [2.05, 4.69) is 141 Å². The summed E-state index contributed by atoms with van der Waals surface area (Å²) >= 11 is 0. The number of hydrogen-bond donors (Lipinski definition) is 0. The minimum atomic E-state index is 0.0119. The van der Waals surface area contributed by atoms with E-state index >= 15 is 0 Å². The van der Waals surface area contributed by atoms with Gasteiger partial charge in [0.25, 0.3) is 0 Å². The Balaban J connectivity index is 1.52. The first-order chi connectivity index (χ1) is 20.5. The fourth-order valence-corrected chi connectivity index (χ4v) is 6.21. The van der Waals surface area contributed by atoms with Gasteiger partial charge >= 0.3 is 0 Å². The van der Waals surface area contributed by atoms with Gasteiger partial charge in [0.15, 0.2) is 0 Å². The predicted molar refractivity (Wildman–Crippen MR) is 175 cm³/mol. The topological polar surface area (TPSA) is 31.0 Å². The number of hydrogen-bond acceptors (Lipinski definition) is 2. The lowest BCUT2D eigenvalue weighted by Gasteiger charge is -2.23. The first kappa shape index (κ1) is 24.6. The lowest BCUT2D eigenvalue weighted by molar-refractivity contribution is 0.590. The fourth-order valence-electron chi connectivity index (χ4n) is 6.21. The zero-order valence-corrected chi connectivity index (χ0v) is 23.9. The molecule has 0 fully saturated rings. The SMILES string of the molecule is CC(C)(C)c1ccc(-n2c(-c3cccc4c3oc3ccccc34)nc3c4ccccc4ccc32)c(-c2ccccc2)c1. The van der Waals surface area contributed by atoms with Crippen LogP contribution < -0.4 is 0 Å². The Bertz CT molecular complexity index is 2280. The Kier molecular flexibility index (Phi) is 5.39. The zero-order chi connectivity index (χ0) is 28.4. The van der Waals surface area contributed by atoms with Crippen LogP contribution in [-0.4, -0.2) is 9.55 Å². The van der Waals surface area contributed by atoms with Crippen molar-refractivity contribution in [3.05, 3.63) is 133 Å². The van der Waals surface area contributed by atoms with Crippen LogP contribution in [0.4, 0.5) is 0 Å². The van der Waals surface area contributed by atoms with Crippen molar-refractivity contribution in [3.63, 3.8) is 0 Å². The van der Waals surface area contributed by atoms with Crippen LogP contribution in [0.3, 0.4) is 0 Å². The molecule has 0 aliphatic heterocycles. The molecular formula is C39H30N2O. The first-order valence-electron chi connectivity index (χ1n) is 14.5. The van der Waals surface area contributed by atoms with Gasteiger partial charge in [-0.25, -0.2) is 4.98 Å². The third kappa shape index (κ3) is 3.77. The second kappa shape index (κ2) is 9.19. The van der Waals surface area contributed by atoms with E-state index in [1.807, 2.05) is 12.1 Å². The van der Waals surface area contributed by atoms with E-state index in [4.69, 9.17) is 9.40 Å². The van der Waals surface area contributed by atoms with Gasteiger partial charge in [0, 0.05) is 21.7 Å². The van der Waals surface area contributed by atoms with Crippen LogP contribution in [0.2, 0.25) is 0 Å². The summed E-state index contributed by atoms with van der Waals surface area (Å²) in [6.45, 7) is 6.80. The maximum atomic E-state index is 6.54. The van der Waals surface area contributed by atoms with E-state index in [0.717, 1.165) is 55.4 Å². The number of rotatable bonds is 3. The van der Waals surface area contributed by atoms with Crippen molar-refractivity contribution >= 4 is 43.7 Å². The Labute approximate surface area is 244 Å². The molecule has 0 bridgehead atoms. The van der Waals surface area contributed by atoms with Gasteiger partial charge in [-0.3, -0.25) is 4.57 Å². The van der Waals surface area contributed by atoms with Gasteiger partial charge in [-0.2, -0.15) is 0 Å². The molecule has 0 amide bonds. The Morgan fingerprint density at radius 2 is 1.36 bits per heavy atom. The van der Waals surface area contributed by atoms with Crippen molar-refractivity contribution in [2.45, 2.75) is 26.2 Å². The summed E-state index contributed by atoms with van der Waals surface area (Å²) in [5, 5.41) is 4.52. The van der Waals surface area contributed by atoms with Crippen LogP contribution in [0.15, 0.2) is 132 Å². The number of imidazole rings is 1. The summed E-state index contributed by atoms with van der Waals surface area (Å²) < 4.78 is 8.87. The molecule has 0 radical (unpaired) electrons. The molecule has 0 unspecified atom stereocenters. The molecule has 0 saturated carbocycles. The van der Waals surface area contributed by atoms with Crippen molar-refractivity contribution < 1.29 is 4.42 Å². The van der Waals surface area contributed by atoms with Gasteiger partial charge in [-0.15, -0.1) is 0 Å². The van der Waals surface area contributed by atoms with Crippen LogP contribution in [0.25, 0.3) is 71.9 Å². The molecule has 0 aliphatic rings. The molecule has 42 heavy (non-hydrogen) atoms. The van der Waals surface area contributed by atoms with E-state index in [1.54, 1.807) is 0 Å². The highest BCUT2D eigenvalue weighted by atomic mass is 16.3. The maximum Gasteiger partial charge on any atom is 0.149 e. The number of nitrogens with zero attached hydrogens (tertiary/aromatic N) is 2. The Morgan fingerprint density at radius 1 is 0.619 bits per heavy atom. The monoisotopic (exact) mass is 542 g/mol. The smallest absolute Gasteiger partial charge is 0.149 e. The fraction of sp³-hybridized carbons (Fsp3) is 0.103. The summed E-state index contributed by atoms with van der Waals surface area (Å²) in [7, 11) is 0. The molecule has 0 aliphatic carbocycles. The second-order valence-corrected chi connectivity index (χ2v) is 12.1. The summed E-state index contributed by atoms with van der Waals surface area (Å²) in [6.07, 6.45) is 0. The molecule has 2 heterocycles. The van der Waals surface area contributed by atoms with Crippen LogP contribution >= 0.6 is 0 Å². The average Bonchev–Trinajstić information content (AvgIpc) is 3.60. The summed E-state index contributed by atoms with van der Waals surface area (Å²) in [5.41, 5.74) is 9.51. The van der Waals surface area contributed by atoms with Crippen molar-refractivity contribution in [2.75, 3.05) is 0 Å². The predicted octanol–water partition coefficient (Wildman–Crippen LogP) is 10.7. The second-order valence-electron chi connectivity index (χ2n) is 12.1.